The molecule has 0 radical (unpaired) electrons. The Hall–Kier alpha value is -2.51. The SMILES string of the molecule is CC(=O)NC1C[C@H]2CC[C@@H](C1)N2CCc1ccc(Oc2nc3ncccc3s2)cc1. The summed E-state index contributed by atoms with van der Waals surface area (Å²) in [4.78, 5) is 22.7. The molecule has 1 N–H and O–H groups in total. The predicted molar refractivity (Wildman–Crippen MR) is 118 cm³/mol. The van der Waals surface area contributed by atoms with Crippen LogP contribution in [-0.4, -0.2) is 45.4 Å². The molecule has 30 heavy (non-hydrogen) atoms. The van der Waals surface area contributed by atoms with Crippen LogP contribution < -0.4 is 10.1 Å². The molecule has 2 saturated heterocycles. The van der Waals surface area contributed by atoms with E-state index in [1.165, 1.54) is 29.7 Å². The van der Waals surface area contributed by atoms with Gasteiger partial charge in [-0.05, 0) is 61.9 Å². The van der Waals surface area contributed by atoms with Crippen molar-refractivity contribution in [1.82, 2.24) is 20.2 Å². The molecule has 2 aliphatic rings. The third kappa shape index (κ3) is 4.18. The molecule has 2 fully saturated rings. The molecule has 1 amide bonds. The van der Waals surface area contributed by atoms with E-state index in [0.717, 1.165) is 41.9 Å². The highest BCUT2D eigenvalue weighted by molar-refractivity contribution is 7.20. The van der Waals surface area contributed by atoms with Gasteiger partial charge in [-0.3, -0.25) is 9.69 Å². The van der Waals surface area contributed by atoms with Crippen LogP contribution in [0.4, 0.5) is 0 Å². The van der Waals surface area contributed by atoms with Crippen molar-refractivity contribution in [3.05, 3.63) is 48.2 Å². The van der Waals surface area contributed by atoms with Crippen LogP contribution in [0.3, 0.4) is 0 Å². The highest BCUT2D eigenvalue weighted by atomic mass is 32.1. The zero-order chi connectivity index (χ0) is 20.5. The second-order valence-corrected chi connectivity index (χ2v) is 9.29. The largest absolute Gasteiger partial charge is 0.431 e. The number of piperidine rings is 1. The molecule has 1 unspecified atom stereocenters. The maximum atomic E-state index is 11.4. The first-order chi connectivity index (χ1) is 14.6. The first-order valence-corrected chi connectivity index (χ1v) is 11.5. The van der Waals surface area contributed by atoms with Crippen molar-refractivity contribution in [1.29, 1.82) is 0 Å². The molecule has 3 atom stereocenters. The number of carbonyl (C=O) groups excluding carboxylic acids is 1. The summed E-state index contributed by atoms with van der Waals surface area (Å²) in [6.45, 7) is 2.70. The molecule has 5 rings (SSSR count). The van der Waals surface area contributed by atoms with Gasteiger partial charge in [-0.15, -0.1) is 0 Å². The van der Waals surface area contributed by atoms with Crippen molar-refractivity contribution in [2.24, 2.45) is 0 Å². The lowest BCUT2D eigenvalue weighted by atomic mass is 9.96. The number of benzene rings is 1. The van der Waals surface area contributed by atoms with E-state index in [4.69, 9.17) is 4.74 Å². The molecule has 1 aromatic carbocycles. The molecular weight excluding hydrogens is 396 g/mol. The third-order valence-corrected chi connectivity index (χ3v) is 7.11. The van der Waals surface area contributed by atoms with Gasteiger partial charge in [0, 0.05) is 37.8 Å². The van der Waals surface area contributed by atoms with Crippen LogP contribution >= 0.6 is 11.3 Å². The van der Waals surface area contributed by atoms with Crippen molar-refractivity contribution in [3.63, 3.8) is 0 Å². The van der Waals surface area contributed by atoms with E-state index in [2.05, 4.69) is 32.3 Å². The summed E-state index contributed by atoms with van der Waals surface area (Å²) in [6, 6.07) is 13.8. The number of nitrogens with zero attached hydrogens (tertiary/aromatic N) is 3. The average molecular weight is 423 g/mol. The van der Waals surface area contributed by atoms with Crippen LogP contribution in [0.1, 0.15) is 38.2 Å². The lowest BCUT2D eigenvalue weighted by Crippen LogP contribution is -2.50. The molecule has 3 aromatic rings. The number of fused-ring (bicyclic) bond motifs is 3. The minimum absolute atomic E-state index is 0.0947. The van der Waals surface area contributed by atoms with Gasteiger partial charge in [0.05, 0.1) is 4.70 Å². The van der Waals surface area contributed by atoms with Crippen LogP contribution in [0.5, 0.6) is 10.9 Å². The summed E-state index contributed by atoms with van der Waals surface area (Å²) < 4.78 is 6.95. The van der Waals surface area contributed by atoms with Gasteiger partial charge in [0.25, 0.3) is 5.19 Å². The molecule has 2 aromatic heterocycles. The fourth-order valence-corrected chi connectivity index (χ4v) is 5.71. The number of pyridine rings is 1. The Morgan fingerprint density at radius 1 is 1.20 bits per heavy atom. The number of ether oxygens (including phenoxy) is 1. The Balaban J connectivity index is 1.16. The number of rotatable bonds is 6. The van der Waals surface area contributed by atoms with Crippen molar-refractivity contribution < 1.29 is 9.53 Å². The number of amides is 1. The van der Waals surface area contributed by atoms with Crippen molar-refractivity contribution in [3.8, 4) is 10.9 Å². The smallest absolute Gasteiger partial charge is 0.281 e. The summed E-state index contributed by atoms with van der Waals surface area (Å²) >= 11 is 1.51. The number of carbonyl (C=O) groups is 1. The van der Waals surface area contributed by atoms with E-state index in [-0.39, 0.29) is 5.91 Å². The van der Waals surface area contributed by atoms with Crippen LogP contribution in [0.15, 0.2) is 42.6 Å². The summed E-state index contributed by atoms with van der Waals surface area (Å²) in [7, 11) is 0. The summed E-state index contributed by atoms with van der Waals surface area (Å²) in [5.74, 6) is 0.895. The molecule has 0 aliphatic carbocycles. The minimum Gasteiger partial charge on any atom is -0.431 e. The zero-order valence-electron chi connectivity index (χ0n) is 17.1. The van der Waals surface area contributed by atoms with Crippen molar-refractivity contribution >= 4 is 27.6 Å². The van der Waals surface area contributed by atoms with Gasteiger partial charge >= 0.3 is 0 Å². The van der Waals surface area contributed by atoms with Gasteiger partial charge in [-0.1, -0.05) is 23.5 Å². The Morgan fingerprint density at radius 2 is 1.97 bits per heavy atom. The van der Waals surface area contributed by atoms with E-state index in [1.807, 2.05) is 24.3 Å². The number of aromatic nitrogens is 2. The van der Waals surface area contributed by atoms with Crippen LogP contribution in [0.25, 0.3) is 10.3 Å². The number of hydrogen-bond acceptors (Lipinski definition) is 6. The molecule has 2 aliphatic heterocycles. The van der Waals surface area contributed by atoms with Crippen molar-refractivity contribution in [2.45, 2.75) is 57.2 Å². The van der Waals surface area contributed by atoms with Crippen molar-refractivity contribution in [2.75, 3.05) is 6.54 Å². The molecule has 2 bridgehead atoms. The maximum absolute atomic E-state index is 11.4. The monoisotopic (exact) mass is 422 g/mol. The summed E-state index contributed by atoms with van der Waals surface area (Å²) in [5, 5.41) is 3.74. The van der Waals surface area contributed by atoms with E-state index in [1.54, 1.807) is 13.1 Å². The van der Waals surface area contributed by atoms with Gasteiger partial charge < -0.3 is 10.1 Å². The third-order valence-electron chi connectivity index (χ3n) is 6.22. The zero-order valence-corrected chi connectivity index (χ0v) is 17.9. The van der Waals surface area contributed by atoms with E-state index < -0.39 is 0 Å². The van der Waals surface area contributed by atoms with Gasteiger partial charge in [0.1, 0.15) is 5.75 Å². The van der Waals surface area contributed by atoms with E-state index in [0.29, 0.717) is 23.3 Å². The van der Waals surface area contributed by atoms with Gasteiger partial charge in [0.2, 0.25) is 5.91 Å². The van der Waals surface area contributed by atoms with Gasteiger partial charge in [0.15, 0.2) is 5.65 Å². The second kappa shape index (κ2) is 8.32. The molecule has 156 valence electrons. The topological polar surface area (TPSA) is 67.4 Å². The number of thiazole rings is 1. The van der Waals surface area contributed by atoms with E-state index >= 15 is 0 Å². The molecule has 0 saturated carbocycles. The fourth-order valence-electron chi connectivity index (χ4n) is 4.92. The Kier molecular flexibility index (Phi) is 5.39. The number of nitrogens with one attached hydrogen (secondary N) is 1. The van der Waals surface area contributed by atoms with Crippen LogP contribution in [0.2, 0.25) is 0 Å². The van der Waals surface area contributed by atoms with E-state index in [9.17, 15) is 4.79 Å². The molecular formula is C23H26N4O2S. The highest BCUT2D eigenvalue weighted by Crippen LogP contribution is 2.36. The number of hydrogen-bond donors (Lipinski definition) is 1. The van der Waals surface area contributed by atoms with Gasteiger partial charge in [-0.2, -0.15) is 4.98 Å². The standard InChI is InChI=1S/C23H26N4O2S/c1-15(28)25-17-13-18-6-7-19(14-17)27(18)12-10-16-4-8-20(9-5-16)29-23-26-22-21(30-23)3-2-11-24-22/h2-5,8-9,11,17-19H,6-7,10,12-14H2,1H3,(H,25,28)/t17?,18-,19+. The molecule has 0 spiro atoms. The molecule has 6 nitrogen and oxygen atoms in total. The minimum atomic E-state index is 0.0947. The lowest BCUT2D eigenvalue weighted by molar-refractivity contribution is -0.120. The Bertz CT molecular complexity index is 988. The lowest BCUT2D eigenvalue weighted by Gasteiger charge is -2.39. The Labute approximate surface area is 180 Å². The first-order valence-electron chi connectivity index (χ1n) is 10.7. The highest BCUT2D eigenvalue weighted by Gasteiger charge is 2.40. The first kappa shape index (κ1) is 19.5. The predicted octanol–water partition coefficient (Wildman–Crippen LogP) is 4.16. The fraction of sp³-hybridized carbons (Fsp3) is 0.435. The van der Waals surface area contributed by atoms with Crippen LogP contribution in [0, 0.1) is 0 Å². The molecule has 4 heterocycles. The van der Waals surface area contributed by atoms with Crippen LogP contribution in [-0.2, 0) is 11.2 Å². The maximum Gasteiger partial charge on any atom is 0.281 e. The second-order valence-electron chi connectivity index (χ2n) is 8.29. The molecule has 7 heteroatoms. The quantitative estimate of drug-likeness (QED) is 0.646. The average Bonchev–Trinajstić information content (AvgIpc) is 3.24. The van der Waals surface area contributed by atoms with Gasteiger partial charge in [-0.25, -0.2) is 4.98 Å². The summed E-state index contributed by atoms with van der Waals surface area (Å²) in [6.07, 6.45) is 7.45. The normalized spacial score (nSPS) is 23.6. The summed E-state index contributed by atoms with van der Waals surface area (Å²) in [5.41, 5.74) is 2.04. The Morgan fingerprint density at radius 3 is 2.67 bits per heavy atom.